The van der Waals surface area contributed by atoms with Crippen LogP contribution < -0.4 is 20.1 Å². The van der Waals surface area contributed by atoms with E-state index in [0.29, 0.717) is 38.3 Å². The Labute approximate surface area is 219 Å². The van der Waals surface area contributed by atoms with Crippen molar-refractivity contribution in [3.8, 4) is 11.5 Å². The third-order valence-corrected chi connectivity index (χ3v) is 6.51. The summed E-state index contributed by atoms with van der Waals surface area (Å²) in [4.78, 5) is 14.4. The van der Waals surface area contributed by atoms with E-state index in [2.05, 4.69) is 23.1 Å². The molecule has 0 spiro atoms. The number of anilines is 2. The van der Waals surface area contributed by atoms with Crippen LogP contribution in [0, 0.1) is 0 Å². The zero-order valence-electron chi connectivity index (χ0n) is 21.7. The van der Waals surface area contributed by atoms with E-state index in [-0.39, 0.29) is 0 Å². The van der Waals surface area contributed by atoms with E-state index in [1.165, 1.54) is 7.11 Å². The van der Waals surface area contributed by atoms with Gasteiger partial charge in [-0.05, 0) is 60.7 Å². The Bertz CT molecular complexity index is 1160. The molecule has 1 aliphatic rings. The van der Waals surface area contributed by atoms with E-state index in [0.717, 1.165) is 53.4 Å². The highest BCUT2D eigenvalue weighted by Gasteiger charge is 2.21. The highest BCUT2D eigenvalue weighted by molar-refractivity contribution is 5.75. The second kappa shape index (κ2) is 13.0. The monoisotopic (exact) mass is 504 g/mol. The lowest BCUT2D eigenvalue weighted by Crippen LogP contribution is -2.34. The number of benzene rings is 3. The lowest BCUT2D eigenvalue weighted by atomic mass is 9.97. The first-order valence-corrected chi connectivity index (χ1v) is 12.8. The number of rotatable bonds is 12. The first kappa shape index (κ1) is 26.4. The molecule has 1 heterocycles. The summed E-state index contributed by atoms with van der Waals surface area (Å²) >= 11 is 0. The van der Waals surface area contributed by atoms with Gasteiger partial charge >= 0.3 is 5.97 Å². The van der Waals surface area contributed by atoms with Crippen LogP contribution in [0.2, 0.25) is 0 Å². The van der Waals surface area contributed by atoms with Crippen LogP contribution in [-0.4, -0.2) is 52.1 Å². The molecule has 0 bridgehead atoms. The molecule has 4 rings (SSSR count). The van der Waals surface area contributed by atoms with E-state index in [9.17, 15) is 4.79 Å². The van der Waals surface area contributed by atoms with E-state index in [1.54, 1.807) is 0 Å². The van der Waals surface area contributed by atoms with E-state index >= 15 is 0 Å². The van der Waals surface area contributed by atoms with Gasteiger partial charge in [-0.15, -0.1) is 0 Å². The van der Waals surface area contributed by atoms with Gasteiger partial charge in [0.25, 0.3) is 0 Å². The van der Waals surface area contributed by atoms with E-state index < -0.39 is 12.1 Å². The number of nitrogens with zero attached hydrogens (tertiary/aromatic N) is 1. The predicted molar refractivity (Wildman–Crippen MR) is 145 cm³/mol. The number of esters is 1. The molecule has 196 valence electrons. The first-order valence-electron chi connectivity index (χ1n) is 12.8. The molecule has 7 nitrogen and oxygen atoms in total. The summed E-state index contributed by atoms with van der Waals surface area (Å²) in [6, 6.07) is 22.2. The van der Waals surface area contributed by atoms with Crippen molar-refractivity contribution >= 4 is 17.3 Å². The topological polar surface area (TPSA) is 83.3 Å². The predicted octanol–water partition coefficient (Wildman–Crippen LogP) is 4.65. The summed E-state index contributed by atoms with van der Waals surface area (Å²) < 4.78 is 22.2. The molecule has 3 aromatic carbocycles. The van der Waals surface area contributed by atoms with E-state index in [1.807, 2.05) is 55.5 Å². The maximum absolute atomic E-state index is 12.0. The maximum Gasteiger partial charge on any atom is 0.335 e. The number of methoxy groups -OCH3 is 1. The van der Waals surface area contributed by atoms with Crippen molar-refractivity contribution in [2.45, 2.75) is 32.3 Å². The Morgan fingerprint density at radius 1 is 1.05 bits per heavy atom. The van der Waals surface area contributed by atoms with Crippen molar-refractivity contribution in [1.29, 1.82) is 0 Å². The van der Waals surface area contributed by atoms with Crippen LogP contribution in [0.5, 0.6) is 11.5 Å². The third-order valence-electron chi connectivity index (χ3n) is 6.51. The van der Waals surface area contributed by atoms with Gasteiger partial charge in [0, 0.05) is 25.3 Å². The third kappa shape index (κ3) is 6.95. The number of nitrogen functional groups attached to an aromatic ring is 1. The Balaban J connectivity index is 1.29. The molecule has 7 heteroatoms. The average molecular weight is 505 g/mol. The maximum atomic E-state index is 12.0. The standard InChI is InChI=1S/C30H36N2O5/c1-3-35-28(30(33)34-2)21-24-9-6-8-23(29(24)31)20-22-12-14-25(15-13-22)36-18-7-16-32-17-19-37-27-11-5-4-10-26(27)32/h4-6,8-15,28H,3,7,16-21,31H2,1-2H3. The zero-order valence-corrected chi connectivity index (χ0v) is 21.7. The van der Waals surface area contributed by atoms with Gasteiger partial charge in [0.2, 0.25) is 0 Å². The summed E-state index contributed by atoms with van der Waals surface area (Å²) in [5.41, 5.74) is 11.3. The second-order valence-corrected chi connectivity index (χ2v) is 8.99. The van der Waals surface area contributed by atoms with Crippen LogP contribution in [0.3, 0.4) is 0 Å². The average Bonchev–Trinajstić information content (AvgIpc) is 2.93. The molecular formula is C30H36N2O5. The quantitative estimate of drug-likeness (QED) is 0.218. The van der Waals surface area contributed by atoms with Crippen molar-refractivity contribution < 1.29 is 23.7 Å². The Hall–Kier alpha value is -3.71. The summed E-state index contributed by atoms with van der Waals surface area (Å²) in [6.07, 6.45) is 1.33. The summed E-state index contributed by atoms with van der Waals surface area (Å²) in [5.74, 6) is 1.41. The van der Waals surface area contributed by atoms with Gasteiger partial charge in [0.15, 0.2) is 6.10 Å². The fourth-order valence-electron chi connectivity index (χ4n) is 4.57. The summed E-state index contributed by atoms with van der Waals surface area (Å²) in [5, 5.41) is 0. The van der Waals surface area contributed by atoms with Crippen LogP contribution in [-0.2, 0) is 27.1 Å². The lowest BCUT2D eigenvalue weighted by Gasteiger charge is -2.31. The largest absolute Gasteiger partial charge is 0.494 e. The number of fused-ring (bicyclic) bond motifs is 1. The first-order chi connectivity index (χ1) is 18.1. The normalized spacial score (nSPS) is 13.4. The number of carbonyl (C=O) groups is 1. The summed E-state index contributed by atoms with van der Waals surface area (Å²) in [6.45, 7) is 5.46. The highest BCUT2D eigenvalue weighted by atomic mass is 16.6. The number of nitrogens with two attached hydrogens (primary N) is 1. The molecule has 2 N–H and O–H groups in total. The van der Waals surface area contributed by atoms with Crippen LogP contribution in [0.1, 0.15) is 30.0 Å². The smallest absolute Gasteiger partial charge is 0.335 e. The minimum absolute atomic E-state index is 0.378. The van der Waals surface area contributed by atoms with Crippen LogP contribution >= 0.6 is 0 Å². The van der Waals surface area contributed by atoms with Crippen molar-refractivity contribution in [3.05, 3.63) is 83.4 Å². The zero-order chi connectivity index (χ0) is 26.0. The van der Waals surface area contributed by atoms with Gasteiger partial charge < -0.3 is 29.6 Å². The number of hydrogen-bond acceptors (Lipinski definition) is 7. The fourth-order valence-corrected chi connectivity index (χ4v) is 4.57. The molecule has 1 unspecified atom stereocenters. The summed E-state index contributed by atoms with van der Waals surface area (Å²) in [7, 11) is 1.37. The number of hydrogen-bond donors (Lipinski definition) is 1. The molecule has 0 radical (unpaired) electrons. The van der Waals surface area contributed by atoms with Crippen LogP contribution in [0.25, 0.3) is 0 Å². The number of carbonyl (C=O) groups excluding carboxylic acids is 1. The Kier molecular flexibility index (Phi) is 9.27. The molecule has 0 fully saturated rings. The van der Waals surface area contributed by atoms with E-state index in [4.69, 9.17) is 24.7 Å². The minimum Gasteiger partial charge on any atom is -0.494 e. The lowest BCUT2D eigenvalue weighted by molar-refractivity contribution is -0.153. The molecular weight excluding hydrogens is 468 g/mol. The molecule has 0 saturated heterocycles. The number of para-hydroxylation sites is 3. The SMILES string of the molecule is CCOC(Cc1cccc(Cc2ccc(OCCCN3CCOc4ccccc43)cc2)c1N)C(=O)OC. The Morgan fingerprint density at radius 3 is 2.62 bits per heavy atom. The fraction of sp³-hybridized carbons (Fsp3) is 0.367. The molecule has 0 saturated carbocycles. The van der Waals surface area contributed by atoms with Crippen molar-refractivity contribution in [1.82, 2.24) is 0 Å². The van der Waals surface area contributed by atoms with Gasteiger partial charge in [-0.25, -0.2) is 4.79 Å². The highest BCUT2D eigenvalue weighted by Crippen LogP contribution is 2.31. The molecule has 1 aliphatic heterocycles. The van der Waals surface area contributed by atoms with Crippen LogP contribution in [0.4, 0.5) is 11.4 Å². The molecule has 1 atom stereocenters. The van der Waals surface area contributed by atoms with Crippen LogP contribution in [0.15, 0.2) is 66.7 Å². The van der Waals surface area contributed by atoms with Gasteiger partial charge in [-0.3, -0.25) is 0 Å². The van der Waals surface area contributed by atoms with Gasteiger partial charge in [-0.2, -0.15) is 0 Å². The van der Waals surface area contributed by atoms with Gasteiger partial charge in [0.05, 0.1) is 25.9 Å². The van der Waals surface area contributed by atoms with Crippen molar-refractivity contribution in [3.63, 3.8) is 0 Å². The molecule has 0 aromatic heterocycles. The van der Waals surface area contributed by atoms with Gasteiger partial charge in [-0.1, -0.05) is 42.5 Å². The molecule has 0 aliphatic carbocycles. The van der Waals surface area contributed by atoms with Crippen molar-refractivity contribution in [2.24, 2.45) is 0 Å². The second-order valence-electron chi connectivity index (χ2n) is 8.99. The van der Waals surface area contributed by atoms with Gasteiger partial charge in [0.1, 0.15) is 18.1 Å². The molecule has 37 heavy (non-hydrogen) atoms. The van der Waals surface area contributed by atoms with Crippen molar-refractivity contribution in [2.75, 3.05) is 50.7 Å². The Morgan fingerprint density at radius 2 is 1.84 bits per heavy atom. The number of ether oxygens (including phenoxy) is 4. The minimum atomic E-state index is -0.665. The molecule has 0 amide bonds. The molecule has 3 aromatic rings.